The molecule has 0 aliphatic carbocycles. The third-order valence-electron chi connectivity index (χ3n) is 0.753. The van der Waals surface area contributed by atoms with Crippen molar-refractivity contribution in [3.05, 3.63) is 0 Å². The SMILES string of the molecule is [2H][C@@H]1C(=O)OC(=O)C[C@@H]1[2H]. The highest BCUT2D eigenvalue weighted by Gasteiger charge is 2.15. The van der Waals surface area contributed by atoms with Gasteiger partial charge in [-0.1, -0.05) is 0 Å². The van der Waals surface area contributed by atoms with Crippen molar-refractivity contribution in [2.45, 2.75) is 19.2 Å². The van der Waals surface area contributed by atoms with Crippen LogP contribution in [0.1, 0.15) is 22.0 Å². The highest BCUT2D eigenvalue weighted by molar-refractivity contribution is 5.87. The molecule has 1 saturated heterocycles. The number of hydrogen-bond donors (Lipinski definition) is 0. The van der Waals surface area contributed by atoms with Gasteiger partial charge in [-0.25, -0.2) is 0 Å². The van der Waals surface area contributed by atoms with Crippen LogP contribution in [0.25, 0.3) is 0 Å². The van der Waals surface area contributed by atoms with Crippen LogP contribution in [0.5, 0.6) is 0 Å². The Balaban J connectivity index is 2.66. The Kier molecular flexibility index (Phi) is 0.782. The highest BCUT2D eigenvalue weighted by Crippen LogP contribution is 2.06. The summed E-state index contributed by atoms with van der Waals surface area (Å²) >= 11 is 0. The van der Waals surface area contributed by atoms with E-state index in [4.69, 9.17) is 2.74 Å². The fraction of sp³-hybridized carbons (Fsp3) is 0.600. The molecule has 0 saturated carbocycles. The quantitative estimate of drug-likeness (QED) is 0.336. The number of carbonyl (C=O) groups excluding carboxylic acids is 2. The van der Waals surface area contributed by atoms with Crippen molar-refractivity contribution in [3.8, 4) is 0 Å². The van der Waals surface area contributed by atoms with Crippen LogP contribution >= 0.6 is 0 Å². The summed E-state index contributed by atoms with van der Waals surface area (Å²) in [5.41, 5.74) is 0. The van der Waals surface area contributed by atoms with Crippen LogP contribution in [0.4, 0.5) is 0 Å². The molecule has 0 radical (unpaired) electrons. The Morgan fingerprint density at radius 3 is 2.88 bits per heavy atom. The minimum absolute atomic E-state index is 0.153. The second-order valence-corrected chi connectivity index (χ2v) is 1.40. The Morgan fingerprint density at radius 2 is 2.25 bits per heavy atom. The Hall–Kier alpha value is -0.860. The summed E-state index contributed by atoms with van der Waals surface area (Å²) in [7, 11) is 0. The minimum Gasteiger partial charge on any atom is -0.393 e. The molecular formula is C5H6O3. The molecular weight excluding hydrogens is 108 g/mol. The summed E-state index contributed by atoms with van der Waals surface area (Å²) in [6.07, 6.45) is -2.31. The molecule has 1 aliphatic rings. The van der Waals surface area contributed by atoms with E-state index in [1.54, 1.807) is 0 Å². The molecule has 3 nitrogen and oxygen atoms in total. The van der Waals surface area contributed by atoms with Gasteiger partial charge >= 0.3 is 11.9 Å². The lowest BCUT2D eigenvalue weighted by atomic mass is 10.2. The largest absolute Gasteiger partial charge is 0.393 e. The Morgan fingerprint density at radius 1 is 1.50 bits per heavy atom. The molecule has 0 aromatic heterocycles. The predicted octanol–water partition coefficient (Wildman–Crippen LogP) is 0.240. The Labute approximate surface area is 49.4 Å². The normalized spacial score (nSPS) is 42.5. The van der Waals surface area contributed by atoms with Crippen molar-refractivity contribution in [2.24, 2.45) is 0 Å². The third kappa shape index (κ3) is 1.05. The molecule has 0 unspecified atom stereocenters. The standard InChI is InChI=1S/C5H6O3/c6-4-2-1-3-5(7)8-4/h1-3H2/i1D,2D/t1-,2+/m1/s1. The molecule has 8 heavy (non-hydrogen) atoms. The van der Waals surface area contributed by atoms with Crippen LogP contribution in [-0.2, 0) is 14.3 Å². The smallest absolute Gasteiger partial charge is 0.313 e. The second kappa shape index (κ2) is 1.94. The first-order valence-electron chi connectivity index (χ1n) is 3.36. The first-order chi connectivity index (χ1) is 4.61. The molecule has 0 aromatic rings. The number of carbonyl (C=O) groups is 2. The molecule has 44 valence electrons. The van der Waals surface area contributed by atoms with Gasteiger partial charge in [-0.2, -0.15) is 0 Å². The van der Waals surface area contributed by atoms with Gasteiger partial charge in [0.15, 0.2) is 0 Å². The maximum absolute atomic E-state index is 10.5. The summed E-state index contributed by atoms with van der Waals surface area (Å²) in [5, 5.41) is 0. The molecule has 3 heteroatoms. The van der Waals surface area contributed by atoms with E-state index >= 15 is 0 Å². The van der Waals surface area contributed by atoms with Crippen molar-refractivity contribution in [1.29, 1.82) is 0 Å². The maximum atomic E-state index is 10.5. The zero-order valence-electron chi connectivity index (χ0n) is 6.09. The molecule has 0 aromatic carbocycles. The van der Waals surface area contributed by atoms with E-state index in [-0.39, 0.29) is 6.42 Å². The molecule has 0 N–H and O–H groups in total. The minimum atomic E-state index is -1.21. The van der Waals surface area contributed by atoms with Crippen LogP contribution in [-0.4, -0.2) is 11.9 Å². The fourth-order valence-corrected chi connectivity index (χ4v) is 0.439. The van der Waals surface area contributed by atoms with E-state index in [9.17, 15) is 9.59 Å². The van der Waals surface area contributed by atoms with Crippen LogP contribution in [0, 0.1) is 0 Å². The van der Waals surface area contributed by atoms with Crippen molar-refractivity contribution < 1.29 is 17.1 Å². The second-order valence-electron chi connectivity index (χ2n) is 1.40. The molecule has 2 atom stereocenters. The molecule has 0 amide bonds. The lowest BCUT2D eigenvalue weighted by Crippen LogP contribution is -2.17. The van der Waals surface area contributed by atoms with Crippen LogP contribution in [0.2, 0.25) is 0 Å². The van der Waals surface area contributed by atoms with Crippen LogP contribution < -0.4 is 0 Å². The number of rotatable bonds is 0. The number of esters is 2. The van der Waals surface area contributed by atoms with Gasteiger partial charge in [0.05, 0.1) is 0 Å². The zero-order valence-corrected chi connectivity index (χ0v) is 4.09. The first kappa shape index (κ1) is 3.22. The lowest BCUT2D eigenvalue weighted by molar-refractivity contribution is -0.163. The average molecular weight is 116 g/mol. The van der Waals surface area contributed by atoms with Gasteiger partial charge in [-0.15, -0.1) is 0 Å². The van der Waals surface area contributed by atoms with E-state index in [0.717, 1.165) is 0 Å². The van der Waals surface area contributed by atoms with Crippen molar-refractivity contribution in [3.63, 3.8) is 0 Å². The van der Waals surface area contributed by atoms with E-state index in [2.05, 4.69) is 4.74 Å². The lowest BCUT2D eigenvalue weighted by Gasteiger charge is -2.06. The van der Waals surface area contributed by atoms with Crippen LogP contribution in [0.3, 0.4) is 0 Å². The third-order valence-corrected chi connectivity index (χ3v) is 0.753. The number of ether oxygens (including phenoxy) is 1. The van der Waals surface area contributed by atoms with Gasteiger partial charge in [0.2, 0.25) is 0 Å². The van der Waals surface area contributed by atoms with Gasteiger partial charge in [0, 0.05) is 15.6 Å². The fourth-order valence-electron chi connectivity index (χ4n) is 0.439. The van der Waals surface area contributed by atoms with Crippen molar-refractivity contribution >= 4 is 11.9 Å². The van der Waals surface area contributed by atoms with Crippen LogP contribution in [0.15, 0.2) is 0 Å². The average Bonchev–Trinajstić information content (AvgIpc) is 1.82. The maximum Gasteiger partial charge on any atom is 0.313 e. The number of cyclic esters (lactones) is 2. The van der Waals surface area contributed by atoms with E-state index < -0.39 is 24.7 Å². The number of hydrogen-bond acceptors (Lipinski definition) is 3. The van der Waals surface area contributed by atoms with E-state index in [0.29, 0.717) is 0 Å². The predicted molar refractivity (Wildman–Crippen MR) is 24.9 cm³/mol. The molecule has 1 heterocycles. The molecule has 1 aliphatic heterocycles. The van der Waals surface area contributed by atoms with E-state index in [1.807, 2.05) is 0 Å². The summed E-state index contributed by atoms with van der Waals surface area (Å²) in [6, 6.07) is 0. The Bertz CT molecular complexity index is 180. The van der Waals surface area contributed by atoms with Gasteiger partial charge in [0.25, 0.3) is 0 Å². The van der Waals surface area contributed by atoms with Gasteiger partial charge in [-0.05, 0) is 6.40 Å². The molecule has 1 fully saturated rings. The van der Waals surface area contributed by atoms with Crippen molar-refractivity contribution in [2.75, 3.05) is 0 Å². The zero-order chi connectivity index (χ0) is 7.72. The molecule has 1 rings (SSSR count). The van der Waals surface area contributed by atoms with Gasteiger partial charge in [-0.3, -0.25) is 9.59 Å². The highest BCUT2D eigenvalue weighted by atomic mass is 16.6. The first-order valence-corrected chi connectivity index (χ1v) is 2.20. The summed E-state index contributed by atoms with van der Waals surface area (Å²) < 4.78 is 18.1. The molecule has 0 bridgehead atoms. The monoisotopic (exact) mass is 116 g/mol. The van der Waals surface area contributed by atoms with E-state index in [1.165, 1.54) is 0 Å². The summed E-state index contributed by atoms with van der Waals surface area (Å²) in [4.78, 5) is 20.8. The molecule has 0 spiro atoms. The topological polar surface area (TPSA) is 43.4 Å². The summed E-state index contributed by atoms with van der Waals surface area (Å²) in [6.45, 7) is 0. The summed E-state index contributed by atoms with van der Waals surface area (Å²) in [5.74, 6) is -1.61. The van der Waals surface area contributed by atoms with Crippen molar-refractivity contribution in [1.82, 2.24) is 0 Å². The van der Waals surface area contributed by atoms with Gasteiger partial charge < -0.3 is 4.74 Å². The van der Waals surface area contributed by atoms with Gasteiger partial charge in [0.1, 0.15) is 0 Å².